The number of hydrogen-bond donors (Lipinski definition) is 0. The van der Waals surface area contributed by atoms with Crippen molar-refractivity contribution in [1.82, 2.24) is 4.90 Å². The first-order valence-electron chi connectivity index (χ1n) is 8.00. The highest BCUT2D eigenvalue weighted by atomic mass is 16.2. The lowest BCUT2D eigenvalue weighted by Gasteiger charge is -2.29. The molecule has 2 unspecified atom stereocenters. The van der Waals surface area contributed by atoms with Crippen molar-refractivity contribution < 1.29 is 9.59 Å². The van der Waals surface area contributed by atoms with Crippen LogP contribution in [0.15, 0.2) is 54.6 Å². The highest BCUT2D eigenvalue weighted by Crippen LogP contribution is 2.48. The number of hydrogen-bond acceptors (Lipinski definition) is 3. The van der Waals surface area contributed by atoms with Gasteiger partial charge in [-0.1, -0.05) is 42.5 Å². The number of aldehydes is 1. The normalized spacial score (nSPS) is 20.9. The van der Waals surface area contributed by atoms with Crippen LogP contribution in [0.1, 0.15) is 24.4 Å². The maximum absolute atomic E-state index is 12.9. The SMILES string of the molecule is O=CC(c1ccccc1)N1CCCC1C(=O)N1c2ccccc21. The van der Waals surface area contributed by atoms with E-state index in [0.29, 0.717) is 0 Å². The molecule has 2 aliphatic rings. The molecule has 116 valence electrons. The van der Waals surface area contributed by atoms with Gasteiger partial charge in [-0.2, -0.15) is 0 Å². The quantitative estimate of drug-likeness (QED) is 0.644. The van der Waals surface area contributed by atoms with E-state index in [9.17, 15) is 9.59 Å². The van der Waals surface area contributed by atoms with Gasteiger partial charge in [-0.05, 0) is 30.5 Å². The molecule has 23 heavy (non-hydrogen) atoms. The van der Waals surface area contributed by atoms with Crippen molar-refractivity contribution in [3.8, 4) is 0 Å². The van der Waals surface area contributed by atoms with Crippen LogP contribution < -0.4 is 4.90 Å². The van der Waals surface area contributed by atoms with Gasteiger partial charge in [0.05, 0.1) is 23.5 Å². The van der Waals surface area contributed by atoms with Gasteiger partial charge in [0.1, 0.15) is 6.29 Å². The summed E-state index contributed by atoms with van der Waals surface area (Å²) in [6.45, 7) is 0.777. The second kappa shape index (κ2) is 5.63. The van der Waals surface area contributed by atoms with E-state index in [1.54, 1.807) is 4.90 Å². The Kier molecular flexibility index (Phi) is 3.46. The number of anilines is 2. The molecule has 0 bridgehead atoms. The van der Waals surface area contributed by atoms with Gasteiger partial charge in [0, 0.05) is 6.54 Å². The number of carbonyl (C=O) groups excluding carboxylic acids is 2. The first-order chi connectivity index (χ1) is 11.3. The Balaban J connectivity index is 1.57. The fourth-order valence-electron chi connectivity index (χ4n) is 3.58. The molecule has 2 atom stereocenters. The van der Waals surface area contributed by atoms with Crippen molar-refractivity contribution in [3.05, 3.63) is 60.2 Å². The maximum Gasteiger partial charge on any atom is 0.249 e. The molecule has 0 aromatic heterocycles. The van der Waals surface area contributed by atoms with E-state index in [1.807, 2.05) is 59.5 Å². The summed E-state index contributed by atoms with van der Waals surface area (Å²) in [6, 6.07) is 16.9. The Labute approximate surface area is 135 Å². The van der Waals surface area contributed by atoms with E-state index in [2.05, 4.69) is 0 Å². The van der Waals surface area contributed by atoms with E-state index in [4.69, 9.17) is 0 Å². The molecule has 2 aromatic rings. The number of nitrogens with zero attached hydrogens (tertiary/aromatic N) is 2. The van der Waals surface area contributed by atoms with Crippen LogP contribution in [0.2, 0.25) is 0 Å². The molecule has 1 amide bonds. The van der Waals surface area contributed by atoms with Crippen LogP contribution in [0.3, 0.4) is 0 Å². The predicted octanol–water partition coefficient (Wildman–Crippen LogP) is 3.07. The Morgan fingerprint density at radius 1 is 1.04 bits per heavy atom. The van der Waals surface area contributed by atoms with Crippen molar-refractivity contribution >= 4 is 23.6 Å². The van der Waals surface area contributed by atoms with Crippen LogP contribution >= 0.6 is 0 Å². The Morgan fingerprint density at radius 2 is 1.70 bits per heavy atom. The third-order valence-corrected chi connectivity index (χ3v) is 4.74. The van der Waals surface area contributed by atoms with Crippen molar-refractivity contribution in [2.45, 2.75) is 24.9 Å². The van der Waals surface area contributed by atoms with Crippen LogP contribution in [-0.2, 0) is 9.59 Å². The van der Waals surface area contributed by atoms with Gasteiger partial charge in [0.25, 0.3) is 0 Å². The standard InChI is InChI=1S/C19H18N2O2/c22-13-18(14-7-2-1-3-8-14)20-12-6-11-17(20)19(23)21-15-9-4-5-10-16(15)21/h1-5,7-10,13,17-18H,6,11-12H2. The summed E-state index contributed by atoms with van der Waals surface area (Å²) < 4.78 is 0. The van der Waals surface area contributed by atoms with E-state index in [-0.39, 0.29) is 18.0 Å². The number of amides is 1. The second-order valence-electron chi connectivity index (χ2n) is 6.05. The maximum atomic E-state index is 12.9. The highest BCUT2D eigenvalue weighted by molar-refractivity contribution is 6.17. The van der Waals surface area contributed by atoms with Gasteiger partial charge < -0.3 is 4.79 Å². The predicted molar refractivity (Wildman–Crippen MR) is 88.6 cm³/mol. The molecule has 0 saturated carbocycles. The second-order valence-corrected chi connectivity index (χ2v) is 6.05. The minimum Gasteiger partial charge on any atom is -0.301 e. The van der Waals surface area contributed by atoms with E-state index < -0.39 is 0 Å². The van der Waals surface area contributed by atoms with Gasteiger partial charge >= 0.3 is 0 Å². The molecule has 4 nitrogen and oxygen atoms in total. The molecule has 0 N–H and O–H groups in total. The van der Waals surface area contributed by atoms with Gasteiger partial charge in [-0.3, -0.25) is 14.6 Å². The van der Waals surface area contributed by atoms with Gasteiger partial charge in [0.2, 0.25) is 5.91 Å². The summed E-state index contributed by atoms with van der Waals surface area (Å²) in [4.78, 5) is 28.4. The summed E-state index contributed by atoms with van der Waals surface area (Å²) in [5, 5.41) is 0. The molecule has 1 fully saturated rings. The summed E-state index contributed by atoms with van der Waals surface area (Å²) in [5.41, 5.74) is 2.93. The third-order valence-electron chi connectivity index (χ3n) is 4.74. The Morgan fingerprint density at radius 3 is 2.35 bits per heavy atom. The molecule has 4 heteroatoms. The zero-order valence-electron chi connectivity index (χ0n) is 12.8. The van der Waals surface area contributed by atoms with E-state index in [1.165, 1.54) is 0 Å². The largest absolute Gasteiger partial charge is 0.301 e. The molecule has 0 aliphatic carbocycles. The average Bonchev–Trinajstić information content (AvgIpc) is 3.14. The number of likely N-dealkylation sites (tertiary alicyclic amines) is 1. The fraction of sp³-hybridized carbons (Fsp3) is 0.263. The number of benzene rings is 2. The summed E-state index contributed by atoms with van der Waals surface area (Å²) in [5.74, 6) is 0.0893. The minimum atomic E-state index is -0.351. The van der Waals surface area contributed by atoms with E-state index in [0.717, 1.165) is 42.6 Å². The molecule has 0 radical (unpaired) electrons. The minimum absolute atomic E-state index is 0.0893. The smallest absolute Gasteiger partial charge is 0.249 e. The Hall–Kier alpha value is -2.46. The van der Waals surface area contributed by atoms with Crippen LogP contribution in [0.5, 0.6) is 0 Å². The highest BCUT2D eigenvalue weighted by Gasteiger charge is 2.43. The lowest BCUT2D eigenvalue weighted by Crippen LogP contribution is -2.42. The first kappa shape index (κ1) is 14.2. The molecular formula is C19H18N2O2. The Bertz CT molecular complexity index is 721. The number of para-hydroxylation sites is 2. The summed E-state index contributed by atoms with van der Waals surface area (Å²) >= 11 is 0. The van der Waals surface area contributed by atoms with Crippen molar-refractivity contribution in [2.75, 3.05) is 11.4 Å². The van der Waals surface area contributed by atoms with Crippen LogP contribution in [0.25, 0.3) is 0 Å². The summed E-state index contributed by atoms with van der Waals surface area (Å²) in [7, 11) is 0. The lowest BCUT2D eigenvalue weighted by atomic mass is 10.1. The molecule has 0 spiro atoms. The van der Waals surface area contributed by atoms with Gasteiger partial charge in [-0.15, -0.1) is 0 Å². The molecular weight excluding hydrogens is 288 g/mol. The topological polar surface area (TPSA) is 40.4 Å². The lowest BCUT2D eigenvalue weighted by molar-refractivity contribution is -0.123. The molecule has 4 rings (SSSR count). The van der Waals surface area contributed by atoms with Gasteiger partial charge in [0.15, 0.2) is 0 Å². The third kappa shape index (κ3) is 2.35. The fourth-order valence-corrected chi connectivity index (χ4v) is 3.58. The van der Waals surface area contributed by atoms with Crippen molar-refractivity contribution in [3.63, 3.8) is 0 Å². The zero-order valence-corrected chi connectivity index (χ0v) is 12.8. The number of fused-ring (bicyclic) bond motifs is 1. The van der Waals surface area contributed by atoms with Gasteiger partial charge in [-0.25, -0.2) is 0 Å². The number of carbonyl (C=O) groups is 2. The van der Waals surface area contributed by atoms with Crippen LogP contribution in [0, 0.1) is 0 Å². The zero-order chi connectivity index (χ0) is 15.8. The summed E-state index contributed by atoms with van der Waals surface area (Å²) in [6.07, 6.45) is 2.70. The van der Waals surface area contributed by atoms with Crippen molar-refractivity contribution in [1.29, 1.82) is 0 Å². The van der Waals surface area contributed by atoms with Crippen molar-refractivity contribution in [2.24, 2.45) is 0 Å². The monoisotopic (exact) mass is 306 g/mol. The first-order valence-corrected chi connectivity index (χ1v) is 8.00. The molecule has 2 aromatic carbocycles. The molecule has 2 aliphatic heterocycles. The molecule has 1 saturated heterocycles. The van der Waals surface area contributed by atoms with Crippen LogP contribution in [0.4, 0.5) is 11.4 Å². The van der Waals surface area contributed by atoms with E-state index >= 15 is 0 Å². The van der Waals surface area contributed by atoms with Crippen LogP contribution in [-0.4, -0.2) is 29.7 Å². The average molecular weight is 306 g/mol. The molecule has 2 heterocycles. The number of rotatable bonds is 4.